The summed E-state index contributed by atoms with van der Waals surface area (Å²) in [6.45, 7) is 4.89. The molecule has 0 heterocycles. The smallest absolute Gasteiger partial charge is 0.191 e. The Balaban J connectivity index is 3.35. The van der Waals surface area contributed by atoms with Crippen molar-refractivity contribution < 1.29 is 14.2 Å². The maximum Gasteiger partial charge on any atom is 0.191 e. The zero-order valence-electron chi connectivity index (χ0n) is 7.37. The number of methoxy groups -OCH3 is 1. The second-order valence-electron chi connectivity index (χ2n) is 1.92. The van der Waals surface area contributed by atoms with Crippen LogP contribution in [0.1, 0.15) is 13.8 Å². The third-order valence-electron chi connectivity index (χ3n) is 1.08. The van der Waals surface area contributed by atoms with Gasteiger partial charge in [0.2, 0.25) is 0 Å². The first-order valence-corrected chi connectivity index (χ1v) is 3.72. The molecule has 0 spiro atoms. The van der Waals surface area contributed by atoms with Crippen molar-refractivity contribution in [3.05, 3.63) is 12.3 Å². The van der Waals surface area contributed by atoms with E-state index in [1.165, 1.54) is 0 Å². The Bertz CT molecular complexity index is 102. The van der Waals surface area contributed by atoms with E-state index in [0.29, 0.717) is 13.2 Å². The Morgan fingerprint density at radius 3 is 2.64 bits per heavy atom. The van der Waals surface area contributed by atoms with Crippen molar-refractivity contribution in [1.29, 1.82) is 0 Å². The Kier molecular flexibility index (Phi) is 7.19. The molecule has 0 fully saturated rings. The molecule has 1 atom stereocenters. The largest absolute Gasteiger partial charge is 0.496 e. The summed E-state index contributed by atoms with van der Waals surface area (Å²) in [5.41, 5.74) is 0. The van der Waals surface area contributed by atoms with Crippen molar-refractivity contribution in [3.8, 4) is 0 Å². The van der Waals surface area contributed by atoms with Crippen LogP contribution in [-0.2, 0) is 14.2 Å². The summed E-state index contributed by atoms with van der Waals surface area (Å²) < 4.78 is 15.2. The second kappa shape index (κ2) is 7.57. The maximum absolute atomic E-state index is 5.16. The van der Waals surface area contributed by atoms with E-state index in [1.54, 1.807) is 13.4 Å². The number of allylic oxidation sites excluding steroid dienone is 1. The Morgan fingerprint density at radius 2 is 2.18 bits per heavy atom. The van der Waals surface area contributed by atoms with Gasteiger partial charge in [-0.15, -0.1) is 0 Å². The van der Waals surface area contributed by atoms with Gasteiger partial charge in [-0.05, 0) is 13.8 Å². The van der Waals surface area contributed by atoms with Gasteiger partial charge in [0, 0.05) is 13.7 Å². The van der Waals surface area contributed by atoms with Crippen LogP contribution in [0.15, 0.2) is 12.3 Å². The van der Waals surface area contributed by atoms with E-state index >= 15 is 0 Å². The number of ether oxygens (including phenoxy) is 3. The zero-order chi connectivity index (χ0) is 8.53. The first-order chi connectivity index (χ1) is 5.35. The Hall–Kier alpha value is -0.540. The molecular formula is C8H16O3. The molecule has 0 aliphatic heterocycles. The molecule has 0 aliphatic rings. The third kappa shape index (κ3) is 5.88. The highest BCUT2D eigenvalue weighted by molar-refractivity contribution is 4.65. The van der Waals surface area contributed by atoms with Crippen LogP contribution in [0.3, 0.4) is 0 Å². The standard InChI is InChI=1S/C8H16O3/c1-4-6-10-7-8(9-3)11-5-2/h4,6,8H,5,7H2,1-3H3/b6-4+. The quantitative estimate of drug-likeness (QED) is 0.436. The molecule has 0 bridgehead atoms. The van der Waals surface area contributed by atoms with Crippen molar-refractivity contribution in [2.75, 3.05) is 20.3 Å². The van der Waals surface area contributed by atoms with Crippen LogP contribution in [-0.4, -0.2) is 26.6 Å². The summed E-state index contributed by atoms with van der Waals surface area (Å²) in [5, 5.41) is 0. The predicted octanol–water partition coefficient (Wildman–Crippen LogP) is 1.55. The molecule has 0 rings (SSSR count). The van der Waals surface area contributed by atoms with E-state index in [-0.39, 0.29) is 6.29 Å². The third-order valence-corrected chi connectivity index (χ3v) is 1.08. The highest BCUT2D eigenvalue weighted by atomic mass is 16.7. The van der Waals surface area contributed by atoms with Gasteiger partial charge < -0.3 is 14.2 Å². The lowest BCUT2D eigenvalue weighted by molar-refractivity contribution is -0.144. The van der Waals surface area contributed by atoms with E-state index in [1.807, 2.05) is 19.9 Å². The van der Waals surface area contributed by atoms with Gasteiger partial charge in [-0.25, -0.2) is 0 Å². The van der Waals surface area contributed by atoms with Crippen molar-refractivity contribution >= 4 is 0 Å². The lowest BCUT2D eigenvalue weighted by atomic mass is 10.6. The summed E-state index contributed by atoms with van der Waals surface area (Å²) in [6, 6.07) is 0. The molecular weight excluding hydrogens is 144 g/mol. The molecule has 0 aromatic rings. The lowest BCUT2D eigenvalue weighted by Crippen LogP contribution is -2.20. The van der Waals surface area contributed by atoms with Gasteiger partial charge in [-0.3, -0.25) is 0 Å². The van der Waals surface area contributed by atoms with Crippen LogP contribution in [0, 0.1) is 0 Å². The van der Waals surface area contributed by atoms with Crippen LogP contribution in [0.4, 0.5) is 0 Å². The molecule has 0 aromatic heterocycles. The average Bonchev–Trinajstić information content (AvgIpc) is 2.03. The van der Waals surface area contributed by atoms with Gasteiger partial charge in [0.05, 0.1) is 6.26 Å². The predicted molar refractivity (Wildman–Crippen MR) is 43.2 cm³/mol. The van der Waals surface area contributed by atoms with E-state index < -0.39 is 0 Å². The first kappa shape index (κ1) is 10.5. The Morgan fingerprint density at radius 1 is 1.45 bits per heavy atom. The first-order valence-electron chi connectivity index (χ1n) is 3.72. The molecule has 66 valence electrons. The van der Waals surface area contributed by atoms with Crippen LogP contribution in [0.2, 0.25) is 0 Å². The average molecular weight is 160 g/mol. The van der Waals surface area contributed by atoms with Gasteiger partial charge >= 0.3 is 0 Å². The molecule has 3 heteroatoms. The molecule has 0 saturated heterocycles. The monoisotopic (exact) mass is 160 g/mol. The number of rotatable bonds is 6. The van der Waals surface area contributed by atoms with Crippen molar-refractivity contribution in [2.24, 2.45) is 0 Å². The van der Waals surface area contributed by atoms with Gasteiger partial charge in [-0.1, -0.05) is 6.08 Å². The molecule has 1 unspecified atom stereocenters. The lowest BCUT2D eigenvalue weighted by Gasteiger charge is -2.13. The van der Waals surface area contributed by atoms with Crippen LogP contribution in [0.25, 0.3) is 0 Å². The number of hydrogen-bond acceptors (Lipinski definition) is 3. The minimum atomic E-state index is -0.254. The van der Waals surface area contributed by atoms with E-state index in [4.69, 9.17) is 14.2 Å². The second-order valence-corrected chi connectivity index (χ2v) is 1.92. The topological polar surface area (TPSA) is 27.7 Å². The fourth-order valence-electron chi connectivity index (χ4n) is 0.600. The van der Waals surface area contributed by atoms with E-state index in [9.17, 15) is 0 Å². The molecule has 0 aliphatic carbocycles. The maximum atomic E-state index is 5.16. The molecule has 0 radical (unpaired) electrons. The fourth-order valence-corrected chi connectivity index (χ4v) is 0.600. The van der Waals surface area contributed by atoms with Crippen molar-refractivity contribution in [3.63, 3.8) is 0 Å². The fraction of sp³-hybridized carbons (Fsp3) is 0.750. The summed E-state index contributed by atoms with van der Waals surface area (Å²) >= 11 is 0. The molecule has 0 amide bonds. The van der Waals surface area contributed by atoms with Gasteiger partial charge in [-0.2, -0.15) is 0 Å². The highest BCUT2D eigenvalue weighted by Crippen LogP contribution is 1.93. The molecule has 0 N–H and O–H groups in total. The number of hydrogen-bond donors (Lipinski definition) is 0. The molecule has 3 nitrogen and oxygen atoms in total. The Labute approximate surface area is 67.9 Å². The zero-order valence-corrected chi connectivity index (χ0v) is 7.37. The molecule has 11 heavy (non-hydrogen) atoms. The van der Waals surface area contributed by atoms with Gasteiger partial charge in [0.1, 0.15) is 6.61 Å². The summed E-state index contributed by atoms with van der Waals surface area (Å²) in [6.07, 6.45) is 3.18. The minimum absolute atomic E-state index is 0.254. The van der Waals surface area contributed by atoms with Crippen LogP contribution in [0.5, 0.6) is 0 Å². The highest BCUT2D eigenvalue weighted by Gasteiger charge is 2.04. The minimum Gasteiger partial charge on any atom is -0.496 e. The summed E-state index contributed by atoms with van der Waals surface area (Å²) in [7, 11) is 1.60. The van der Waals surface area contributed by atoms with Crippen molar-refractivity contribution in [1.82, 2.24) is 0 Å². The summed E-state index contributed by atoms with van der Waals surface area (Å²) in [4.78, 5) is 0. The molecule has 0 saturated carbocycles. The van der Waals surface area contributed by atoms with Crippen molar-refractivity contribution in [2.45, 2.75) is 20.1 Å². The van der Waals surface area contributed by atoms with E-state index in [2.05, 4.69) is 0 Å². The molecule has 0 aromatic carbocycles. The van der Waals surface area contributed by atoms with Gasteiger partial charge in [0.15, 0.2) is 6.29 Å². The summed E-state index contributed by atoms with van der Waals surface area (Å²) in [5.74, 6) is 0. The van der Waals surface area contributed by atoms with Crippen LogP contribution < -0.4 is 0 Å². The van der Waals surface area contributed by atoms with Gasteiger partial charge in [0.25, 0.3) is 0 Å². The van der Waals surface area contributed by atoms with E-state index in [0.717, 1.165) is 0 Å². The normalized spacial score (nSPS) is 13.7. The SMILES string of the molecule is C/C=C/OCC(OC)OCC. The van der Waals surface area contributed by atoms with Crippen LogP contribution >= 0.6 is 0 Å².